The fourth-order valence-corrected chi connectivity index (χ4v) is 1.21. The molecule has 0 bridgehead atoms. The minimum atomic E-state index is -0.822. The molecule has 0 atom stereocenters. The predicted molar refractivity (Wildman–Crippen MR) is 42.0 cm³/mol. The molecule has 0 aromatic carbocycles. The smallest absolute Gasteiger partial charge is 0.305 e. The number of carboxylic acid groups (broad SMARTS) is 1. The minimum absolute atomic E-state index is 0.0742. The largest absolute Gasteiger partial charge is 0.481 e. The molecule has 1 saturated carbocycles. The van der Waals surface area contributed by atoms with E-state index >= 15 is 0 Å². The van der Waals surface area contributed by atoms with Crippen molar-refractivity contribution in [1.29, 1.82) is 0 Å². The van der Waals surface area contributed by atoms with Crippen LogP contribution in [0.15, 0.2) is 0 Å². The number of aliphatic carboxylic acids is 1. The van der Waals surface area contributed by atoms with E-state index in [-0.39, 0.29) is 6.42 Å². The Labute approximate surface area is 74.6 Å². The number of carbonyl (C=O) groups is 1. The summed E-state index contributed by atoms with van der Waals surface area (Å²) in [6.07, 6.45) is 2.31. The molecule has 0 amide bonds. The molecule has 1 fully saturated rings. The Hall–Kier alpha value is -1.46. The van der Waals surface area contributed by atoms with Crippen LogP contribution in [0.25, 0.3) is 0 Å². The third-order valence-electron chi connectivity index (χ3n) is 2.04. The van der Waals surface area contributed by atoms with Crippen LogP contribution in [0.4, 0.5) is 0 Å². The van der Waals surface area contributed by atoms with Gasteiger partial charge in [0.05, 0.1) is 13.0 Å². The first-order valence-corrected chi connectivity index (χ1v) is 4.25. The van der Waals surface area contributed by atoms with Crippen molar-refractivity contribution in [2.75, 3.05) is 0 Å². The highest BCUT2D eigenvalue weighted by Crippen LogP contribution is 2.38. The lowest BCUT2D eigenvalue weighted by atomic mass is 10.4. The van der Waals surface area contributed by atoms with Crippen LogP contribution in [0.2, 0.25) is 0 Å². The number of aromatic nitrogens is 4. The molecule has 13 heavy (non-hydrogen) atoms. The molecule has 1 N–H and O–H groups in total. The fourth-order valence-electron chi connectivity index (χ4n) is 1.21. The van der Waals surface area contributed by atoms with Gasteiger partial charge in [-0.2, -0.15) is 0 Å². The number of nitrogens with zero attached hydrogens (tertiary/aromatic N) is 4. The molecule has 1 heterocycles. The van der Waals surface area contributed by atoms with Crippen molar-refractivity contribution in [2.45, 2.75) is 31.7 Å². The monoisotopic (exact) mass is 182 g/mol. The lowest BCUT2D eigenvalue weighted by molar-refractivity contribution is -0.137. The summed E-state index contributed by atoms with van der Waals surface area (Å²) in [4.78, 5) is 10.3. The van der Waals surface area contributed by atoms with E-state index in [0.29, 0.717) is 12.5 Å². The summed E-state index contributed by atoms with van der Waals surface area (Å²) in [7, 11) is 0. The van der Waals surface area contributed by atoms with Crippen LogP contribution >= 0.6 is 0 Å². The van der Waals surface area contributed by atoms with Gasteiger partial charge in [0, 0.05) is 5.92 Å². The molecule has 0 unspecified atom stereocenters. The Morgan fingerprint density at radius 2 is 2.38 bits per heavy atom. The van der Waals surface area contributed by atoms with E-state index in [9.17, 15) is 4.79 Å². The summed E-state index contributed by atoms with van der Waals surface area (Å²) in [5.41, 5.74) is 0. The molecule has 1 aliphatic carbocycles. The van der Waals surface area contributed by atoms with Gasteiger partial charge in [-0.3, -0.25) is 4.79 Å². The Bertz CT molecular complexity index is 318. The van der Waals surface area contributed by atoms with Crippen molar-refractivity contribution in [3.63, 3.8) is 0 Å². The molecule has 0 saturated heterocycles. The number of hydrogen-bond donors (Lipinski definition) is 1. The first kappa shape index (κ1) is 8.15. The number of tetrazole rings is 1. The van der Waals surface area contributed by atoms with Crippen LogP contribution in [0.3, 0.4) is 0 Å². The Balaban J connectivity index is 2.02. The van der Waals surface area contributed by atoms with Gasteiger partial charge in [0.25, 0.3) is 0 Å². The lowest BCUT2D eigenvalue weighted by Gasteiger charge is -1.99. The molecular weight excluding hydrogens is 172 g/mol. The highest BCUT2D eigenvalue weighted by molar-refractivity contribution is 5.66. The number of aryl methyl sites for hydroxylation is 1. The highest BCUT2D eigenvalue weighted by atomic mass is 16.4. The first-order valence-electron chi connectivity index (χ1n) is 4.25. The van der Waals surface area contributed by atoms with Crippen molar-refractivity contribution >= 4 is 5.97 Å². The Kier molecular flexibility index (Phi) is 1.96. The van der Waals surface area contributed by atoms with Crippen LogP contribution in [0.5, 0.6) is 0 Å². The topological polar surface area (TPSA) is 80.9 Å². The number of hydrogen-bond acceptors (Lipinski definition) is 4. The normalized spacial score (nSPS) is 16.0. The average Bonchev–Trinajstić information content (AvgIpc) is 2.82. The van der Waals surface area contributed by atoms with Crippen LogP contribution in [0, 0.1) is 0 Å². The van der Waals surface area contributed by atoms with Crippen molar-refractivity contribution in [3.8, 4) is 0 Å². The molecule has 2 rings (SSSR count). The van der Waals surface area contributed by atoms with E-state index < -0.39 is 5.97 Å². The zero-order valence-corrected chi connectivity index (χ0v) is 7.05. The zero-order valence-electron chi connectivity index (χ0n) is 7.05. The van der Waals surface area contributed by atoms with E-state index in [4.69, 9.17) is 5.11 Å². The predicted octanol–water partition coefficient (Wildman–Crippen LogP) is 0.0252. The molecule has 1 aliphatic rings. The molecule has 1 aromatic rings. The van der Waals surface area contributed by atoms with Gasteiger partial charge < -0.3 is 5.11 Å². The van der Waals surface area contributed by atoms with Crippen LogP contribution in [-0.2, 0) is 11.3 Å². The standard InChI is InChI=1S/C7H10N4O2/c12-6(13)3-4-11-7(5-1-2-5)8-9-10-11/h5H,1-4H2,(H,12,13). The Morgan fingerprint density at radius 1 is 1.62 bits per heavy atom. The van der Waals surface area contributed by atoms with Crippen LogP contribution < -0.4 is 0 Å². The van der Waals surface area contributed by atoms with E-state index in [1.165, 1.54) is 0 Å². The molecule has 0 spiro atoms. The SMILES string of the molecule is O=C(O)CCn1nnnc1C1CC1. The summed E-state index contributed by atoms with van der Waals surface area (Å²) in [5.74, 6) is 0.474. The van der Waals surface area contributed by atoms with Crippen LogP contribution in [0.1, 0.15) is 31.0 Å². The second-order valence-electron chi connectivity index (χ2n) is 3.18. The van der Waals surface area contributed by atoms with E-state index in [0.717, 1.165) is 18.7 Å². The Morgan fingerprint density at radius 3 is 3.00 bits per heavy atom. The number of carboxylic acids is 1. The van der Waals surface area contributed by atoms with Crippen molar-refractivity contribution < 1.29 is 9.90 Å². The molecular formula is C7H10N4O2. The van der Waals surface area contributed by atoms with E-state index in [1.807, 2.05) is 0 Å². The summed E-state index contributed by atoms with van der Waals surface area (Å²) in [5, 5.41) is 19.6. The van der Waals surface area contributed by atoms with Crippen molar-refractivity contribution in [1.82, 2.24) is 20.2 Å². The lowest BCUT2D eigenvalue weighted by Crippen LogP contribution is -2.09. The molecule has 6 heteroatoms. The van der Waals surface area contributed by atoms with Gasteiger partial charge in [-0.1, -0.05) is 0 Å². The quantitative estimate of drug-likeness (QED) is 0.710. The average molecular weight is 182 g/mol. The second kappa shape index (κ2) is 3.12. The van der Waals surface area contributed by atoms with Gasteiger partial charge >= 0.3 is 5.97 Å². The first-order chi connectivity index (χ1) is 6.27. The van der Waals surface area contributed by atoms with Crippen molar-refractivity contribution in [2.24, 2.45) is 0 Å². The number of rotatable bonds is 4. The van der Waals surface area contributed by atoms with Gasteiger partial charge in [0.15, 0.2) is 5.82 Å². The minimum Gasteiger partial charge on any atom is -0.481 e. The molecule has 70 valence electrons. The summed E-state index contributed by atoms with van der Waals surface area (Å²) in [6, 6.07) is 0. The van der Waals surface area contributed by atoms with E-state index in [1.54, 1.807) is 4.68 Å². The summed E-state index contributed by atoms with van der Waals surface area (Å²) < 4.78 is 1.59. The summed E-state index contributed by atoms with van der Waals surface area (Å²) >= 11 is 0. The molecule has 1 aromatic heterocycles. The molecule has 6 nitrogen and oxygen atoms in total. The molecule has 0 radical (unpaired) electrons. The third-order valence-corrected chi connectivity index (χ3v) is 2.04. The van der Waals surface area contributed by atoms with Crippen molar-refractivity contribution in [3.05, 3.63) is 5.82 Å². The van der Waals surface area contributed by atoms with Gasteiger partial charge in [0.1, 0.15) is 0 Å². The van der Waals surface area contributed by atoms with Gasteiger partial charge in [-0.05, 0) is 23.3 Å². The fraction of sp³-hybridized carbons (Fsp3) is 0.714. The summed E-state index contributed by atoms with van der Waals surface area (Å²) in [6.45, 7) is 0.369. The zero-order chi connectivity index (χ0) is 9.26. The van der Waals surface area contributed by atoms with Gasteiger partial charge in [0.2, 0.25) is 0 Å². The molecule has 0 aliphatic heterocycles. The van der Waals surface area contributed by atoms with E-state index in [2.05, 4.69) is 15.5 Å². The second-order valence-corrected chi connectivity index (χ2v) is 3.18. The maximum Gasteiger partial charge on any atom is 0.305 e. The maximum absolute atomic E-state index is 10.3. The third kappa shape index (κ3) is 1.82. The van der Waals surface area contributed by atoms with Gasteiger partial charge in [-0.15, -0.1) is 5.10 Å². The highest BCUT2D eigenvalue weighted by Gasteiger charge is 2.29. The van der Waals surface area contributed by atoms with Gasteiger partial charge in [-0.25, -0.2) is 4.68 Å². The maximum atomic E-state index is 10.3. The van der Waals surface area contributed by atoms with Crippen LogP contribution in [-0.4, -0.2) is 31.3 Å².